The van der Waals surface area contributed by atoms with Crippen LogP contribution in [0.3, 0.4) is 0 Å². The van der Waals surface area contributed by atoms with Crippen molar-refractivity contribution in [2.75, 3.05) is 13.2 Å². The molecule has 3 nitrogen and oxygen atoms in total. The van der Waals surface area contributed by atoms with E-state index in [9.17, 15) is 5.11 Å². The van der Waals surface area contributed by atoms with Crippen LogP contribution in [0.4, 0.5) is 0 Å². The molecule has 0 radical (unpaired) electrons. The average molecular weight is 293 g/mol. The highest BCUT2D eigenvalue weighted by Crippen LogP contribution is 2.20. The number of hydrogen-bond acceptors (Lipinski definition) is 3. The lowest BCUT2D eigenvalue weighted by Crippen LogP contribution is -2.49. The molecule has 1 unspecified atom stereocenters. The largest absolute Gasteiger partial charge is 0.493 e. The first-order valence-corrected chi connectivity index (χ1v) is 7.95. The summed E-state index contributed by atoms with van der Waals surface area (Å²) in [6, 6.07) is 6.67. The SMILES string of the molecule is Cc1ccc(C)c(OCCCCC(C)(CO)NC(C)C)c1. The molecule has 1 aromatic rings. The molecule has 0 aliphatic rings. The van der Waals surface area contributed by atoms with Crippen LogP contribution >= 0.6 is 0 Å². The fourth-order valence-corrected chi connectivity index (χ4v) is 2.56. The van der Waals surface area contributed by atoms with Gasteiger partial charge in [-0.1, -0.05) is 26.0 Å². The molecule has 3 heteroatoms. The zero-order valence-electron chi connectivity index (χ0n) is 14.2. The van der Waals surface area contributed by atoms with Crippen LogP contribution in [0.15, 0.2) is 18.2 Å². The maximum Gasteiger partial charge on any atom is 0.122 e. The van der Waals surface area contributed by atoms with Gasteiger partial charge in [0, 0.05) is 11.6 Å². The molecule has 0 fully saturated rings. The molecule has 21 heavy (non-hydrogen) atoms. The van der Waals surface area contributed by atoms with Gasteiger partial charge in [-0.3, -0.25) is 0 Å². The van der Waals surface area contributed by atoms with Crippen LogP contribution in [0.5, 0.6) is 5.75 Å². The van der Waals surface area contributed by atoms with Gasteiger partial charge in [-0.25, -0.2) is 0 Å². The molecule has 1 atom stereocenters. The van der Waals surface area contributed by atoms with Crippen molar-refractivity contribution >= 4 is 0 Å². The van der Waals surface area contributed by atoms with Crippen LogP contribution in [0, 0.1) is 13.8 Å². The molecule has 0 saturated carbocycles. The molecule has 0 spiro atoms. The number of unbranched alkanes of at least 4 members (excludes halogenated alkanes) is 1. The Bertz CT molecular complexity index is 431. The van der Waals surface area contributed by atoms with Crippen molar-refractivity contribution < 1.29 is 9.84 Å². The van der Waals surface area contributed by atoms with Crippen molar-refractivity contribution in [3.05, 3.63) is 29.3 Å². The van der Waals surface area contributed by atoms with Gasteiger partial charge in [-0.05, 0) is 57.2 Å². The van der Waals surface area contributed by atoms with Crippen molar-refractivity contribution in [3.63, 3.8) is 0 Å². The van der Waals surface area contributed by atoms with Gasteiger partial charge in [0.25, 0.3) is 0 Å². The predicted octanol–water partition coefficient (Wildman–Crippen LogP) is 3.60. The maximum absolute atomic E-state index is 9.54. The Morgan fingerprint density at radius 3 is 2.57 bits per heavy atom. The van der Waals surface area contributed by atoms with Crippen LogP contribution in [0.1, 0.15) is 51.2 Å². The van der Waals surface area contributed by atoms with Gasteiger partial charge >= 0.3 is 0 Å². The van der Waals surface area contributed by atoms with E-state index in [1.54, 1.807) is 0 Å². The number of hydrogen-bond donors (Lipinski definition) is 2. The van der Waals surface area contributed by atoms with Gasteiger partial charge in [0.1, 0.15) is 5.75 Å². The summed E-state index contributed by atoms with van der Waals surface area (Å²) in [6.45, 7) is 11.4. The summed E-state index contributed by atoms with van der Waals surface area (Å²) in [5.41, 5.74) is 2.22. The topological polar surface area (TPSA) is 41.5 Å². The second-order valence-electron chi connectivity index (χ2n) is 6.59. The summed E-state index contributed by atoms with van der Waals surface area (Å²) in [5, 5.41) is 13.0. The van der Waals surface area contributed by atoms with E-state index in [0.717, 1.165) is 31.6 Å². The third-order valence-corrected chi connectivity index (χ3v) is 3.71. The number of benzene rings is 1. The average Bonchev–Trinajstić information content (AvgIpc) is 2.41. The first-order valence-electron chi connectivity index (χ1n) is 7.95. The second kappa shape index (κ2) is 8.40. The Kier molecular flexibility index (Phi) is 7.20. The highest BCUT2D eigenvalue weighted by Gasteiger charge is 2.22. The monoisotopic (exact) mass is 293 g/mol. The Morgan fingerprint density at radius 2 is 1.95 bits per heavy atom. The molecule has 0 aromatic heterocycles. The fourth-order valence-electron chi connectivity index (χ4n) is 2.56. The zero-order valence-corrected chi connectivity index (χ0v) is 14.2. The van der Waals surface area contributed by atoms with Gasteiger partial charge in [-0.15, -0.1) is 0 Å². The lowest BCUT2D eigenvalue weighted by molar-refractivity contribution is 0.152. The summed E-state index contributed by atoms with van der Waals surface area (Å²) < 4.78 is 5.86. The summed E-state index contributed by atoms with van der Waals surface area (Å²) in [7, 11) is 0. The van der Waals surface area contributed by atoms with Gasteiger partial charge in [-0.2, -0.15) is 0 Å². The first kappa shape index (κ1) is 18.0. The van der Waals surface area contributed by atoms with Gasteiger partial charge in [0.15, 0.2) is 0 Å². The van der Waals surface area contributed by atoms with Crippen molar-refractivity contribution in [3.8, 4) is 5.75 Å². The van der Waals surface area contributed by atoms with E-state index in [1.807, 2.05) is 0 Å². The highest BCUT2D eigenvalue weighted by atomic mass is 16.5. The third kappa shape index (κ3) is 6.49. The molecule has 120 valence electrons. The number of nitrogens with one attached hydrogen (secondary N) is 1. The molecule has 0 heterocycles. The lowest BCUT2D eigenvalue weighted by atomic mass is 9.95. The molecule has 2 N–H and O–H groups in total. The molecule has 0 aliphatic carbocycles. The quantitative estimate of drug-likeness (QED) is 0.684. The number of aliphatic hydroxyl groups excluding tert-OH is 1. The predicted molar refractivity (Wildman–Crippen MR) is 89.0 cm³/mol. The normalized spacial score (nSPS) is 14.2. The number of ether oxygens (including phenoxy) is 1. The number of rotatable bonds is 9. The van der Waals surface area contributed by atoms with Gasteiger partial charge in [0.2, 0.25) is 0 Å². The van der Waals surface area contributed by atoms with Gasteiger partial charge in [0.05, 0.1) is 13.2 Å². The van der Waals surface area contributed by atoms with Crippen molar-refractivity contribution in [2.24, 2.45) is 0 Å². The van der Waals surface area contributed by atoms with Gasteiger partial charge < -0.3 is 15.2 Å². The summed E-state index contributed by atoms with van der Waals surface area (Å²) in [6.07, 6.45) is 3.00. The molecule has 0 aliphatic heterocycles. The molecule has 1 aromatic carbocycles. The highest BCUT2D eigenvalue weighted by molar-refractivity contribution is 5.35. The number of aliphatic hydroxyl groups is 1. The van der Waals surface area contributed by atoms with Crippen LogP contribution in [-0.2, 0) is 0 Å². The maximum atomic E-state index is 9.54. The minimum Gasteiger partial charge on any atom is -0.493 e. The zero-order chi connectivity index (χ0) is 15.9. The summed E-state index contributed by atoms with van der Waals surface area (Å²) in [4.78, 5) is 0. The van der Waals surface area contributed by atoms with E-state index in [0.29, 0.717) is 6.04 Å². The van der Waals surface area contributed by atoms with Crippen molar-refractivity contribution in [1.29, 1.82) is 0 Å². The lowest BCUT2D eigenvalue weighted by Gasteiger charge is -2.31. The van der Waals surface area contributed by atoms with E-state index in [2.05, 4.69) is 58.1 Å². The summed E-state index contributed by atoms with van der Waals surface area (Å²) >= 11 is 0. The third-order valence-electron chi connectivity index (χ3n) is 3.71. The molecular formula is C18H31NO2. The Hall–Kier alpha value is -1.06. The minimum atomic E-state index is -0.187. The molecule has 1 rings (SSSR count). The molecular weight excluding hydrogens is 262 g/mol. The van der Waals surface area contributed by atoms with E-state index in [1.165, 1.54) is 11.1 Å². The van der Waals surface area contributed by atoms with E-state index in [-0.39, 0.29) is 12.1 Å². The molecule has 0 bridgehead atoms. The van der Waals surface area contributed by atoms with Crippen LogP contribution < -0.4 is 10.1 Å². The van der Waals surface area contributed by atoms with Crippen LogP contribution in [-0.4, -0.2) is 29.9 Å². The minimum absolute atomic E-state index is 0.170. The van der Waals surface area contributed by atoms with Crippen LogP contribution in [0.25, 0.3) is 0 Å². The first-order chi connectivity index (χ1) is 9.86. The summed E-state index contributed by atoms with van der Waals surface area (Å²) in [5.74, 6) is 0.986. The molecule has 0 saturated heterocycles. The van der Waals surface area contributed by atoms with Crippen molar-refractivity contribution in [2.45, 2.75) is 65.5 Å². The van der Waals surface area contributed by atoms with E-state index < -0.39 is 0 Å². The second-order valence-corrected chi connectivity index (χ2v) is 6.59. The Balaban J connectivity index is 2.32. The number of aryl methyl sites for hydroxylation is 2. The Morgan fingerprint density at radius 1 is 1.24 bits per heavy atom. The fraction of sp³-hybridized carbons (Fsp3) is 0.667. The van der Waals surface area contributed by atoms with E-state index >= 15 is 0 Å². The molecule has 0 amide bonds. The Labute approximate surface area is 129 Å². The van der Waals surface area contributed by atoms with E-state index in [4.69, 9.17) is 4.74 Å². The smallest absolute Gasteiger partial charge is 0.122 e. The van der Waals surface area contributed by atoms with Crippen LogP contribution in [0.2, 0.25) is 0 Å². The standard InChI is InChI=1S/C18H31NO2/c1-14(2)19-18(5,13-20)10-6-7-11-21-17-12-15(3)8-9-16(17)4/h8-9,12,14,19-20H,6-7,10-11,13H2,1-5H3. The van der Waals surface area contributed by atoms with Crippen molar-refractivity contribution in [1.82, 2.24) is 5.32 Å².